The number of aromatic nitrogens is 1. The van der Waals surface area contributed by atoms with Gasteiger partial charge in [0.05, 0.1) is 17.6 Å². The summed E-state index contributed by atoms with van der Waals surface area (Å²) in [6, 6.07) is 0. The van der Waals surface area contributed by atoms with Gasteiger partial charge in [-0.1, -0.05) is 0 Å². The minimum Gasteiger partial charge on any atom is -0.465 e. The molecule has 2 fully saturated rings. The van der Waals surface area contributed by atoms with Crippen molar-refractivity contribution in [2.75, 3.05) is 11.3 Å². The molecule has 110 valence electrons. The summed E-state index contributed by atoms with van der Waals surface area (Å²) in [6.07, 6.45) is 2.84. The molecule has 1 heterocycles. The van der Waals surface area contributed by atoms with Crippen molar-refractivity contribution in [3.05, 3.63) is 11.1 Å². The number of anilines is 1. The molecule has 0 aliphatic heterocycles. The molecule has 2 saturated carbocycles. The zero-order valence-corrected chi connectivity index (χ0v) is 12.7. The van der Waals surface area contributed by atoms with E-state index >= 15 is 0 Å². The minimum absolute atomic E-state index is 0.262. The van der Waals surface area contributed by atoms with Gasteiger partial charge in [-0.15, -0.1) is 11.3 Å². The molecule has 1 N–H and O–H groups in total. The van der Waals surface area contributed by atoms with Crippen molar-refractivity contribution in [3.63, 3.8) is 0 Å². The third-order valence-electron chi connectivity index (χ3n) is 3.60. The summed E-state index contributed by atoms with van der Waals surface area (Å²) in [4.78, 5) is 16.2. The number of esters is 1. The van der Waals surface area contributed by atoms with Crippen LogP contribution in [0.2, 0.25) is 0 Å². The minimum atomic E-state index is -3.30. The van der Waals surface area contributed by atoms with Gasteiger partial charge in [0.25, 0.3) is 0 Å². The van der Waals surface area contributed by atoms with E-state index in [1.807, 2.05) is 0 Å². The van der Waals surface area contributed by atoms with Crippen LogP contribution in [-0.4, -0.2) is 31.2 Å². The molecular formula is C12H16N2O4S2. The number of rotatable bonds is 6. The highest BCUT2D eigenvalue weighted by molar-refractivity contribution is 7.93. The summed E-state index contributed by atoms with van der Waals surface area (Å²) < 4.78 is 31.2. The predicted octanol–water partition coefficient (Wildman–Crippen LogP) is 1.64. The van der Waals surface area contributed by atoms with Crippen LogP contribution in [0.1, 0.15) is 38.3 Å². The Morgan fingerprint density at radius 2 is 2.25 bits per heavy atom. The van der Waals surface area contributed by atoms with Crippen LogP contribution in [0.25, 0.3) is 0 Å². The van der Waals surface area contributed by atoms with Crippen LogP contribution in [0, 0.1) is 0 Å². The lowest BCUT2D eigenvalue weighted by Crippen LogP contribution is -2.24. The fourth-order valence-corrected chi connectivity index (χ4v) is 4.49. The Bertz CT molecular complexity index is 630. The maximum atomic E-state index is 11.9. The van der Waals surface area contributed by atoms with Crippen LogP contribution in [-0.2, 0) is 25.0 Å². The van der Waals surface area contributed by atoms with Gasteiger partial charge < -0.3 is 4.74 Å². The van der Waals surface area contributed by atoms with Crippen molar-refractivity contribution in [2.24, 2.45) is 0 Å². The van der Waals surface area contributed by atoms with Gasteiger partial charge in [0.1, 0.15) is 5.41 Å². The van der Waals surface area contributed by atoms with Crippen molar-refractivity contribution in [1.29, 1.82) is 0 Å². The predicted molar refractivity (Wildman–Crippen MR) is 75.2 cm³/mol. The average molecular weight is 316 g/mol. The zero-order valence-electron chi connectivity index (χ0n) is 11.1. The van der Waals surface area contributed by atoms with Gasteiger partial charge in [0.15, 0.2) is 5.13 Å². The molecular weight excluding hydrogens is 300 g/mol. The van der Waals surface area contributed by atoms with Crippen LogP contribution in [0.3, 0.4) is 0 Å². The first-order valence-corrected chi connectivity index (χ1v) is 9.05. The van der Waals surface area contributed by atoms with Crippen LogP contribution in [0.5, 0.6) is 0 Å². The Kier molecular flexibility index (Phi) is 3.24. The number of sulfonamides is 1. The Morgan fingerprint density at radius 1 is 1.55 bits per heavy atom. The summed E-state index contributed by atoms with van der Waals surface area (Å²) in [6.45, 7) is 2.11. The highest BCUT2D eigenvalue weighted by Crippen LogP contribution is 2.49. The van der Waals surface area contributed by atoms with E-state index in [9.17, 15) is 13.2 Å². The summed E-state index contributed by atoms with van der Waals surface area (Å²) in [5, 5.41) is 1.80. The van der Waals surface area contributed by atoms with Crippen molar-refractivity contribution >= 4 is 32.5 Å². The molecule has 6 nitrogen and oxygen atoms in total. The molecule has 0 spiro atoms. The molecule has 0 amide bonds. The maximum absolute atomic E-state index is 11.9. The second kappa shape index (κ2) is 4.70. The third kappa shape index (κ3) is 2.42. The van der Waals surface area contributed by atoms with Crippen LogP contribution >= 0.6 is 11.3 Å². The molecule has 0 unspecified atom stereocenters. The van der Waals surface area contributed by atoms with E-state index in [1.165, 1.54) is 11.3 Å². The fraction of sp³-hybridized carbons (Fsp3) is 0.667. The summed E-state index contributed by atoms with van der Waals surface area (Å²) in [5.74, 6) is -0.262. The van der Waals surface area contributed by atoms with Gasteiger partial charge in [0.2, 0.25) is 10.0 Å². The quantitative estimate of drug-likeness (QED) is 0.806. The highest BCUT2D eigenvalue weighted by Gasteiger charge is 2.54. The molecule has 3 rings (SSSR count). The lowest BCUT2D eigenvalue weighted by atomic mass is 10.0. The molecule has 0 saturated heterocycles. The van der Waals surface area contributed by atoms with Gasteiger partial charge in [-0.3, -0.25) is 9.52 Å². The smallest absolute Gasteiger partial charge is 0.318 e. The molecule has 0 atom stereocenters. The second-order valence-electron chi connectivity index (χ2n) is 5.19. The lowest BCUT2D eigenvalue weighted by molar-refractivity contribution is -0.146. The number of hydrogen-bond donors (Lipinski definition) is 1. The summed E-state index contributed by atoms with van der Waals surface area (Å²) in [5.41, 5.74) is -0.0232. The summed E-state index contributed by atoms with van der Waals surface area (Å²) >= 11 is 1.21. The SMILES string of the molecule is CCOC(=O)C1(c2csc(NS(=O)(=O)C3CC3)n2)CC1. The first kappa shape index (κ1) is 13.8. The van der Waals surface area contributed by atoms with Crippen molar-refractivity contribution in [1.82, 2.24) is 4.98 Å². The highest BCUT2D eigenvalue weighted by atomic mass is 32.2. The molecule has 0 radical (unpaired) electrons. The van der Waals surface area contributed by atoms with Crippen LogP contribution in [0.15, 0.2) is 5.38 Å². The van der Waals surface area contributed by atoms with Gasteiger partial charge in [-0.25, -0.2) is 13.4 Å². The van der Waals surface area contributed by atoms with E-state index in [0.717, 1.165) is 0 Å². The number of nitrogens with one attached hydrogen (secondary N) is 1. The second-order valence-corrected chi connectivity index (χ2v) is 8.01. The maximum Gasteiger partial charge on any atom is 0.318 e. The first-order valence-electron chi connectivity index (χ1n) is 6.63. The van der Waals surface area contributed by atoms with Crippen molar-refractivity contribution < 1.29 is 17.9 Å². The monoisotopic (exact) mass is 316 g/mol. The van der Waals surface area contributed by atoms with Gasteiger partial charge >= 0.3 is 5.97 Å². The summed E-state index contributed by atoms with van der Waals surface area (Å²) in [7, 11) is -3.30. The largest absolute Gasteiger partial charge is 0.465 e. The molecule has 2 aliphatic rings. The van der Waals surface area contributed by atoms with E-state index in [1.54, 1.807) is 12.3 Å². The number of carbonyl (C=O) groups is 1. The van der Waals surface area contributed by atoms with E-state index in [0.29, 0.717) is 43.1 Å². The Hall–Kier alpha value is -1.15. The van der Waals surface area contributed by atoms with E-state index < -0.39 is 15.4 Å². The number of ether oxygens (including phenoxy) is 1. The Morgan fingerprint density at radius 3 is 2.80 bits per heavy atom. The van der Waals surface area contributed by atoms with Crippen LogP contribution in [0.4, 0.5) is 5.13 Å². The lowest BCUT2D eigenvalue weighted by Gasteiger charge is -2.10. The number of thiazole rings is 1. The number of hydrogen-bond acceptors (Lipinski definition) is 6. The average Bonchev–Trinajstić information content (AvgIpc) is 3.28. The first-order chi connectivity index (χ1) is 9.48. The van der Waals surface area contributed by atoms with E-state index in [-0.39, 0.29) is 11.2 Å². The molecule has 0 bridgehead atoms. The van der Waals surface area contributed by atoms with Gasteiger partial charge in [0, 0.05) is 5.38 Å². The van der Waals surface area contributed by atoms with Crippen molar-refractivity contribution in [2.45, 2.75) is 43.3 Å². The van der Waals surface area contributed by atoms with Gasteiger partial charge in [-0.2, -0.15) is 0 Å². The molecule has 1 aromatic heterocycles. The van der Waals surface area contributed by atoms with Crippen molar-refractivity contribution in [3.8, 4) is 0 Å². The Balaban J connectivity index is 1.75. The van der Waals surface area contributed by atoms with E-state index in [4.69, 9.17) is 4.74 Å². The standard InChI is InChI=1S/C12H16N2O4S2/c1-2-18-10(15)12(5-6-12)9-7-19-11(13-9)14-20(16,17)8-3-4-8/h7-8H,2-6H2,1H3,(H,13,14). The number of carbonyl (C=O) groups excluding carboxylic acids is 1. The molecule has 1 aromatic rings. The number of nitrogens with zero attached hydrogens (tertiary/aromatic N) is 1. The molecule has 0 aromatic carbocycles. The van der Waals surface area contributed by atoms with Crippen LogP contribution < -0.4 is 4.72 Å². The molecule has 20 heavy (non-hydrogen) atoms. The zero-order chi connectivity index (χ0) is 14.4. The third-order valence-corrected chi connectivity index (χ3v) is 6.32. The van der Waals surface area contributed by atoms with Gasteiger partial charge in [-0.05, 0) is 32.6 Å². The van der Waals surface area contributed by atoms with E-state index in [2.05, 4.69) is 9.71 Å². The Labute approximate surface area is 121 Å². The molecule has 2 aliphatic carbocycles. The fourth-order valence-electron chi connectivity index (χ4n) is 2.08. The normalized spacial score (nSPS) is 20.4. The molecule has 8 heteroatoms. The topological polar surface area (TPSA) is 85.4 Å².